The first-order chi connectivity index (χ1) is 11.6. The molecule has 2 amide bonds. The van der Waals surface area contributed by atoms with Crippen LogP contribution in [0.2, 0.25) is 0 Å². The third-order valence-electron chi connectivity index (χ3n) is 6.21. The summed E-state index contributed by atoms with van der Waals surface area (Å²) in [6.45, 7) is 0. The predicted molar refractivity (Wildman–Crippen MR) is 85.0 cm³/mol. The fraction of sp³-hybridized carbons (Fsp3) is 0.421. The van der Waals surface area contributed by atoms with Crippen molar-refractivity contribution in [2.24, 2.45) is 35.5 Å². The third kappa shape index (κ3) is 1.62. The number of amides is 2. The van der Waals surface area contributed by atoms with Crippen LogP contribution >= 0.6 is 0 Å². The van der Waals surface area contributed by atoms with Gasteiger partial charge in [0.1, 0.15) is 0 Å². The molecule has 2 saturated carbocycles. The second kappa shape index (κ2) is 4.56. The molecule has 2 bridgehead atoms. The van der Waals surface area contributed by atoms with Crippen LogP contribution in [0.15, 0.2) is 36.4 Å². The zero-order valence-electron chi connectivity index (χ0n) is 13.2. The van der Waals surface area contributed by atoms with Gasteiger partial charge in [0.25, 0.3) is 0 Å². The molecule has 3 fully saturated rings. The highest BCUT2D eigenvalue weighted by molar-refractivity contribution is 6.22. The van der Waals surface area contributed by atoms with Gasteiger partial charge >= 0.3 is 5.97 Å². The van der Waals surface area contributed by atoms with Crippen LogP contribution < -0.4 is 4.90 Å². The molecule has 6 atom stereocenters. The molecule has 0 radical (unpaired) electrons. The van der Waals surface area contributed by atoms with E-state index in [4.69, 9.17) is 0 Å². The van der Waals surface area contributed by atoms with E-state index in [1.807, 2.05) is 0 Å². The lowest BCUT2D eigenvalue weighted by Crippen LogP contribution is -2.40. The van der Waals surface area contributed by atoms with Crippen molar-refractivity contribution in [3.05, 3.63) is 42.0 Å². The van der Waals surface area contributed by atoms with Crippen LogP contribution in [0.1, 0.15) is 16.8 Å². The zero-order chi connectivity index (χ0) is 16.6. The molecule has 0 unspecified atom stereocenters. The van der Waals surface area contributed by atoms with Crippen molar-refractivity contribution in [3.8, 4) is 0 Å². The summed E-state index contributed by atoms with van der Waals surface area (Å²) >= 11 is 0. The number of methoxy groups -OCH3 is 1. The van der Waals surface area contributed by atoms with Crippen molar-refractivity contribution in [2.75, 3.05) is 12.0 Å². The normalized spacial score (nSPS) is 38.1. The summed E-state index contributed by atoms with van der Waals surface area (Å²) in [5, 5.41) is 0. The van der Waals surface area contributed by atoms with E-state index in [1.54, 1.807) is 24.3 Å². The molecule has 5 nitrogen and oxygen atoms in total. The molecule has 0 N–H and O–H groups in total. The Hall–Kier alpha value is -2.43. The number of benzene rings is 1. The number of imide groups is 1. The molecule has 1 aromatic carbocycles. The number of carbonyl (C=O) groups excluding carboxylic acids is 3. The smallest absolute Gasteiger partial charge is 0.337 e. The Kier molecular flexibility index (Phi) is 2.65. The van der Waals surface area contributed by atoms with Crippen molar-refractivity contribution in [1.82, 2.24) is 0 Å². The first kappa shape index (κ1) is 14.0. The number of nitrogens with zero attached hydrogens (tertiary/aromatic N) is 1. The molecule has 1 heterocycles. The number of esters is 1. The van der Waals surface area contributed by atoms with Crippen LogP contribution in [-0.4, -0.2) is 24.9 Å². The number of allylic oxidation sites excluding steroid dienone is 2. The molecule has 1 aromatic rings. The Bertz CT molecular complexity index is 760. The summed E-state index contributed by atoms with van der Waals surface area (Å²) in [4.78, 5) is 38.8. The molecule has 5 aliphatic rings. The van der Waals surface area contributed by atoms with Crippen LogP contribution in [-0.2, 0) is 14.3 Å². The fourth-order valence-electron chi connectivity index (χ4n) is 5.08. The highest BCUT2D eigenvalue weighted by Gasteiger charge is 2.67. The minimum atomic E-state index is -0.434. The Morgan fingerprint density at radius 2 is 1.54 bits per heavy atom. The Morgan fingerprint density at radius 3 is 2.04 bits per heavy atom. The van der Waals surface area contributed by atoms with E-state index in [1.165, 1.54) is 12.0 Å². The van der Waals surface area contributed by atoms with Gasteiger partial charge in [-0.05, 0) is 54.4 Å². The van der Waals surface area contributed by atoms with Gasteiger partial charge in [0.15, 0.2) is 0 Å². The number of anilines is 1. The second-order valence-corrected chi connectivity index (χ2v) is 7.20. The van der Waals surface area contributed by atoms with E-state index in [0.717, 1.165) is 6.42 Å². The maximum absolute atomic E-state index is 13.0. The summed E-state index contributed by atoms with van der Waals surface area (Å²) in [7, 11) is 1.32. The summed E-state index contributed by atoms with van der Waals surface area (Å²) in [6, 6.07) is 6.48. The first-order valence-electron chi connectivity index (χ1n) is 8.36. The highest BCUT2D eigenvalue weighted by Crippen LogP contribution is 2.65. The van der Waals surface area contributed by atoms with Gasteiger partial charge in [0, 0.05) is 0 Å². The monoisotopic (exact) mass is 323 g/mol. The summed E-state index contributed by atoms with van der Waals surface area (Å²) < 4.78 is 4.68. The Balaban J connectivity index is 1.49. The molecule has 122 valence electrons. The maximum Gasteiger partial charge on any atom is 0.337 e. The van der Waals surface area contributed by atoms with E-state index >= 15 is 0 Å². The average molecular weight is 323 g/mol. The largest absolute Gasteiger partial charge is 0.465 e. The number of ether oxygens (including phenoxy) is 1. The van der Waals surface area contributed by atoms with Crippen LogP contribution in [0.25, 0.3) is 0 Å². The lowest BCUT2D eigenvalue weighted by atomic mass is 9.63. The lowest BCUT2D eigenvalue weighted by Gasteiger charge is -2.37. The predicted octanol–water partition coefficient (Wildman–Crippen LogP) is 2.03. The maximum atomic E-state index is 13.0. The van der Waals surface area contributed by atoms with Crippen molar-refractivity contribution in [3.63, 3.8) is 0 Å². The van der Waals surface area contributed by atoms with Crippen LogP contribution in [0.3, 0.4) is 0 Å². The van der Waals surface area contributed by atoms with Crippen LogP contribution in [0.5, 0.6) is 0 Å². The molecule has 6 rings (SSSR count). The standard InChI is InChI=1S/C19H17NO4/c1-24-19(23)9-2-4-10(5-3-9)20-17(21)15-11-6-7-12(14-8-13(11)14)16(15)18(20)22/h2-7,11-16H,8H2,1H3/t11-,12+,13-,14-,15+,16-/m1/s1. The topological polar surface area (TPSA) is 63.7 Å². The zero-order valence-corrected chi connectivity index (χ0v) is 13.2. The second-order valence-electron chi connectivity index (χ2n) is 7.20. The fourth-order valence-corrected chi connectivity index (χ4v) is 5.08. The van der Waals surface area contributed by atoms with Gasteiger partial charge in [-0.2, -0.15) is 0 Å². The number of carbonyl (C=O) groups is 3. The third-order valence-corrected chi connectivity index (χ3v) is 6.21. The van der Waals surface area contributed by atoms with Crippen LogP contribution in [0.4, 0.5) is 5.69 Å². The molecular formula is C19H17NO4. The van der Waals surface area contributed by atoms with Gasteiger partial charge in [-0.15, -0.1) is 0 Å². The molecule has 4 aliphatic carbocycles. The molecule has 24 heavy (non-hydrogen) atoms. The average Bonchev–Trinajstić information content (AvgIpc) is 3.39. The quantitative estimate of drug-likeness (QED) is 0.475. The van der Waals surface area contributed by atoms with E-state index < -0.39 is 5.97 Å². The van der Waals surface area contributed by atoms with Gasteiger partial charge in [-0.3, -0.25) is 14.5 Å². The van der Waals surface area contributed by atoms with Crippen molar-refractivity contribution in [2.45, 2.75) is 6.42 Å². The minimum Gasteiger partial charge on any atom is -0.465 e. The van der Waals surface area contributed by atoms with Crippen molar-refractivity contribution in [1.29, 1.82) is 0 Å². The lowest BCUT2D eigenvalue weighted by molar-refractivity contribution is -0.124. The molecule has 5 heteroatoms. The number of rotatable bonds is 2. The van der Waals surface area contributed by atoms with E-state index in [9.17, 15) is 14.4 Å². The summed E-state index contributed by atoms with van der Waals surface area (Å²) in [5.41, 5.74) is 0.945. The van der Waals surface area contributed by atoms with E-state index in [0.29, 0.717) is 23.1 Å². The molecule has 1 aliphatic heterocycles. The first-order valence-corrected chi connectivity index (χ1v) is 8.36. The Morgan fingerprint density at radius 1 is 1.00 bits per heavy atom. The molecule has 1 saturated heterocycles. The van der Waals surface area contributed by atoms with Crippen LogP contribution in [0, 0.1) is 35.5 Å². The Labute approximate surface area is 139 Å². The minimum absolute atomic E-state index is 0.0829. The van der Waals surface area contributed by atoms with Gasteiger partial charge in [-0.25, -0.2) is 4.79 Å². The van der Waals surface area contributed by atoms with Gasteiger partial charge in [-0.1, -0.05) is 12.2 Å². The molecular weight excluding hydrogens is 306 g/mol. The molecule has 0 aromatic heterocycles. The summed E-state index contributed by atoms with van der Waals surface area (Å²) in [6.07, 6.45) is 5.48. The molecule has 0 spiro atoms. The highest BCUT2D eigenvalue weighted by atomic mass is 16.5. The van der Waals surface area contributed by atoms with Gasteiger partial charge in [0.2, 0.25) is 11.8 Å². The SMILES string of the molecule is COC(=O)c1ccc(N2C(=O)[C@@H]3[C@H]4C=C[C@H]([C@H]5C[C@H]45)[C@@H]3C2=O)cc1. The van der Waals surface area contributed by atoms with Crippen molar-refractivity contribution < 1.29 is 19.1 Å². The van der Waals surface area contributed by atoms with Gasteiger partial charge in [0.05, 0.1) is 30.2 Å². The number of hydrogen-bond acceptors (Lipinski definition) is 4. The van der Waals surface area contributed by atoms with E-state index in [-0.39, 0.29) is 35.5 Å². The van der Waals surface area contributed by atoms with E-state index in [2.05, 4.69) is 16.9 Å². The summed E-state index contributed by atoms with van der Waals surface area (Å²) in [5.74, 6) is 0.645. The van der Waals surface area contributed by atoms with Crippen molar-refractivity contribution >= 4 is 23.5 Å². The number of hydrogen-bond donors (Lipinski definition) is 0. The van der Waals surface area contributed by atoms with Gasteiger partial charge < -0.3 is 4.74 Å².